The standard InChI is InChI=1S/C29H54NO6P/c1-27-22-20-18-16-14-12-10-8-6-5-7-9-11-13-15-17-19-21-23-28(26-29(31)35-27)36-37(32,33)34-25-24-30(2,3)4/h10,12,18,20,27-28H,5-9,11,13-17,19,21-26H2,1-4H3/b12-10-,20-18+/t27?,28-/m0/s1. The van der Waals surface area contributed by atoms with Crippen LogP contribution in [0.15, 0.2) is 24.3 Å². The summed E-state index contributed by atoms with van der Waals surface area (Å²) in [5.74, 6) is -0.436. The Morgan fingerprint density at radius 2 is 1.43 bits per heavy atom. The molecule has 1 heterocycles. The molecule has 216 valence electrons. The summed E-state index contributed by atoms with van der Waals surface area (Å²) in [5, 5.41) is 0. The summed E-state index contributed by atoms with van der Waals surface area (Å²) in [5.41, 5.74) is 0. The smallest absolute Gasteiger partial charge is 0.308 e. The van der Waals surface area contributed by atoms with Crippen LogP contribution < -0.4 is 4.89 Å². The molecule has 0 saturated heterocycles. The Kier molecular flexibility index (Phi) is 18.4. The van der Waals surface area contributed by atoms with Gasteiger partial charge in [-0.2, -0.15) is 0 Å². The lowest BCUT2D eigenvalue weighted by molar-refractivity contribution is -0.870. The molecule has 37 heavy (non-hydrogen) atoms. The van der Waals surface area contributed by atoms with E-state index in [1.54, 1.807) is 0 Å². The second kappa shape index (κ2) is 20.0. The van der Waals surface area contributed by atoms with Crippen molar-refractivity contribution in [1.29, 1.82) is 0 Å². The molecule has 0 bridgehead atoms. The largest absolute Gasteiger partial charge is 0.756 e. The summed E-state index contributed by atoms with van der Waals surface area (Å²) in [7, 11) is 1.37. The fraction of sp³-hybridized carbons (Fsp3) is 0.828. The van der Waals surface area contributed by atoms with Crippen LogP contribution in [0.2, 0.25) is 0 Å². The first-order valence-corrected chi connectivity index (χ1v) is 16.0. The topological polar surface area (TPSA) is 84.9 Å². The van der Waals surface area contributed by atoms with Crippen LogP contribution >= 0.6 is 7.82 Å². The number of phosphoric ester groups is 1. The molecule has 0 aromatic heterocycles. The first-order valence-electron chi connectivity index (χ1n) is 14.5. The summed E-state index contributed by atoms with van der Waals surface area (Å²) in [4.78, 5) is 25.0. The van der Waals surface area contributed by atoms with E-state index in [-0.39, 0.29) is 19.1 Å². The molecule has 0 N–H and O–H groups in total. The van der Waals surface area contributed by atoms with E-state index < -0.39 is 19.9 Å². The van der Waals surface area contributed by atoms with E-state index in [1.807, 2.05) is 34.1 Å². The Morgan fingerprint density at radius 1 is 0.892 bits per heavy atom. The van der Waals surface area contributed by atoms with Crippen LogP contribution in [-0.2, 0) is 23.1 Å². The minimum absolute atomic E-state index is 0.0423. The third-order valence-electron chi connectivity index (χ3n) is 6.46. The Balaban J connectivity index is 2.65. The van der Waals surface area contributed by atoms with Gasteiger partial charge in [0, 0.05) is 6.42 Å². The van der Waals surface area contributed by atoms with Gasteiger partial charge in [0.05, 0.1) is 33.7 Å². The SMILES string of the molecule is CC1C/C=C/CC/C=C\CCCCCCCCCCCC[C@H](OP(=O)([O-])OCC[N+](C)(C)C)CC(=O)O1. The van der Waals surface area contributed by atoms with Gasteiger partial charge in [-0.05, 0) is 39.0 Å². The molecule has 2 unspecified atom stereocenters. The third kappa shape index (κ3) is 21.6. The number of phosphoric acid groups is 1. The van der Waals surface area contributed by atoms with E-state index >= 15 is 0 Å². The van der Waals surface area contributed by atoms with Crippen LogP contribution in [0, 0.1) is 0 Å². The minimum Gasteiger partial charge on any atom is -0.756 e. The Morgan fingerprint density at radius 3 is 2.05 bits per heavy atom. The van der Waals surface area contributed by atoms with Gasteiger partial charge in [0.1, 0.15) is 19.3 Å². The monoisotopic (exact) mass is 543 g/mol. The molecule has 0 amide bonds. The van der Waals surface area contributed by atoms with Crippen molar-refractivity contribution in [2.45, 2.75) is 122 Å². The lowest BCUT2D eigenvalue weighted by Crippen LogP contribution is -2.37. The molecule has 0 spiro atoms. The van der Waals surface area contributed by atoms with Crippen molar-refractivity contribution < 1.29 is 32.5 Å². The molecule has 1 rings (SSSR count). The molecule has 0 aromatic carbocycles. The number of nitrogens with zero attached hydrogens (tertiary/aromatic N) is 1. The van der Waals surface area contributed by atoms with Crippen LogP contribution in [0.5, 0.6) is 0 Å². The lowest BCUT2D eigenvalue weighted by Gasteiger charge is -2.30. The highest BCUT2D eigenvalue weighted by Gasteiger charge is 2.23. The maximum Gasteiger partial charge on any atom is 0.308 e. The van der Waals surface area contributed by atoms with Gasteiger partial charge >= 0.3 is 5.97 Å². The Hall–Kier alpha value is -0.980. The number of esters is 1. The fourth-order valence-corrected chi connectivity index (χ4v) is 5.13. The van der Waals surface area contributed by atoms with Crippen LogP contribution in [0.25, 0.3) is 0 Å². The molecule has 7 nitrogen and oxygen atoms in total. The number of carbonyl (C=O) groups is 1. The fourth-order valence-electron chi connectivity index (χ4n) is 4.22. The molecule has 1 aliphatic rings. The van der Waals surface area contributed by atoms with E-state index in [0.29, 0.717) is 23.9 Å². The number of cyclic esters (lactones) is 1. The summed E-state index contributed by atoms with van der Waals surface area (Å²) < 4.78 is 29.0. The maximum atomic E-state index is 12.6. The molecule has 0 radical (unpaired) electrons. The number of rotatable bonds is 6. The second-order valence-corrected chi connectivity index (χ2v) is 12.8. The van der Waals surface area contributed by atoms with Gasteiger partial charge in [-0.3, -0.25) is 9.36 Å². The van der Waals surface area contributed by atoms with Crippen LogP contribution in [0.1, 0.15) is 110 Å². The minimum atomic E-state index is -4.51. The van der Waals surface area contributed by atoms with Crippen molar-refractivity contribution in [3.05, 3.63) is 24.3 Å². The van der Waals surface area contributed by atoms with Gasteiger partial charge in [0.25, 0.3) is 7.82 Å². The summed E-state index contributed by atoms with van der Waals surface area (Å²) >= 11 is 0. The highest BCUT2D eigenvalue weighted by atomic mass is 31.2. The van der Waals surface area contributed by atoms with Crippen LogP contribution in [0.4, 0.5) is 0 Å². The van der Waals surface area contributed by atoms with Crippen molar-refractivity contribution in [2.75, 3.05) is 34.3 Å². The van der Waals surface area contributed by atoms with Gasteiger partial charge in [0.2, 0.25) is 0 Å². The van der Waals surface area contributed by atoms with Crippen molar-refractivity contribution in [1.82, 2.24) is 0 Å². The number of likely N-dealkylation sites (N-methyl/N-ethyl adjacent to an activating group) is 1. The molecule has 1 aliphatic heterocycles. The average molecular weight is 544 g/mol. The highest BCUT2D eigenvalue weighted by Crippen LogP contribution is 2.41. The zero-order chi connectivity index (χ0) is 27.4. The van der Waals surface area contributed by atoms with Gasteiger partial charge in [0.15, 0.2) is 0 Å². The third-order valence-corrected chi connectivity index (χ3v) is 7.52. The average Bonchev–Trinajstić information content (AvgIpc) is 2.78. The van der Waals surface area contributed by atoms with Crippen molar-refractivity contribution in [2.24, 2.45) is 0 Å². The number of hydrogen-bond donors (Lipinski definition) is 0. The van der Waals surface area contributed by atoms with Gasteiger partial charge in [-0.25, -0.2) is 0 Å². The number of allylic oxidation sites excluding steroid dienone is 3. The molecule has 0 aromatic rings. The van der Waals surface area contributed by atoms with Crippen molar-refractivity contribution in [3.8, 4) is 0 Å². The lowest BCUT2D eigenvalue weighted by atomic mass is 10.0. The van der Waals surface area contributed by atoms with E-state index in [4.69, 9.17) is 13.8 Å². The Bertz CT molecular complexity index is 703. The van der Waals surface area contributed by atoms with E-state index in [1.165, 1.54) is 51.4 Å². The van der Waals surface area contributed by atoms with Crippen molar-refractivity contribution >= 4 is 13.8 Å². The molecule has 3 atom stereocenters. The zero-order valence-electron chi connectivity index (χ0n) is 24.0. The summed E-state index contributed by atoms with van der Waals surface area (Å²) in [6, 6.07) is 0. The predicted molar refractivity (Wildman–Crippen MR) is 149 cm³/mol. The number of quaternary nitrogens is 1. The van der Waals surface area contributed by atoms with E-state index in [9.17, 15) is 14.3 Å². The van der Waals surface area contributed by atoms with Crippen LogP contribution in [-0.4, -0.2) is 57.0 Å². The number of ether oxygens (including phenoxy) is 1. The molecular weight excluding hydrogens is 489 g/mol. The first kappa shape index (κ1) is 34.0. The highest BCUT2D eigenvalue weighted by molar-refractivity contribution is 7.45. The number of carbonyl (C=O) groups excluding carboxylic acids is 1. The molecular formula is C29H54NO6P. The zero-order valence-corrected chi connectivity index (χ0v) is 24.9. The quantitative estimate of drug-likeness (QED) is 0.157. The van der Waals surface area contributed by atoms with Gasteiger partial charge in [-0.15, -0.1) is 0 Å². The predicted octanol–water partition coefficient (Wildman–Crippen LogP) is 6.86. The van der Waals surface area contributed by atoms with E-state index in [2.05, 4.69) is 18.2 Å². The molecule has 0 fully saturated rings. The van der Waals surface area contributed by atoms with E-state index in [0.717, 1.165) is 32.1 Å². The maximum absolute atomic E-state index is 12.6. The number of hydrogen-bond acceptors (Lipinski definition) is 6. The molecule has 0 aliphatic carbocycles. The Labute approximate surface area is 226 Å². The summed E-state index contributed by atoms with van der Waals surface area (Å²) in [6.07, 6.45) is 23.7. The normalized spacial score (nSPS) is 26.8. The second-order valence-electron chi connectivity index (χ2n) is 11.4. The molecule has 8 heteroatoms. The van der Waals surface area contributed by atoms with Crippen molar-refractivity contribution in [3.63, 3.8) is 0 Å². The van der Waals surface area contributed by atoms with Crippen LogP contribution in [0.3, 0.4) is 0 Å². The van der Waals surface area contributed by atoms with Gasteiger partial charge in [-0.1, -0.05) is 82.1 Å². The summed E-state index contributed by atoms with van der Waals surface area (Å²) in [6.45, 7) is 2.43. The molecule has 0 saturated carbocycles. The first-order chi connectivity index (χ1) is 17.6. The van der Waals surface area contributed by atoms with Gasteiger partial charge < -0.3 is 23.2 Å².